The molecule has 2 atom stereocenters. The van der Waals surface area contributed by atoms with Gasteiger partial charge in [-0.2, -0.15) is 0 Å². The van der Waals surface area contributed by atoms with Crippen LogP contribution in [0.4, 0.5) is 4.39 Å². The first-order valence-corrected chi connectivity index (χ1v) is 8.06. The van der Waals surface area contributed by atoms with Crippen molar-refractivity contribution < 1.29 is 23.0 Å². The van der Waals surface area contributed by atoms with Gasteiger partial charge >= 0.3 is 0 Å². The lowest BCUT2D eigenvalue weighted by Crippen LogP contribution is -2.39. The largest absolute Gasteiger partial charge is 0.479 e. The number of hydrogen-bond acceptors (Lipinski definition) is 7. The van der Waals surface area contributed by atoms with Crippen molar-refractivity contribution in [2.24, 2.45) is 0 Å². The predicted octanol–water partition coefficient (Wildman–Crippen LogP) is 1.63. The highest BCUT2D eigenvalue weighted by Crippen LogP contribution is 2.25. The van der Waals surface area contributed by atoms with E-state index < -0.39 is 12.1 Å². The second-order valence-corrected chi connectivity index (χ2v) is 6.16. The molecule has 0 radical (unpaired) electrons. The number of amides is 1. The summed E-state index contributed by atoms with van der Waals surface area (Å²) in [5.41, 5.74) is 1.77. The van der Waals surface area contributed by atoms with Crippen LogP contribution < -0.4 is 10.1 Å². The number of aryl methyl sites for hydroxylation is 2. The van der Waals surface area contributed by atoms with Gasteiger partial charge in [-0.05, 0) is 25.4 Å². The fourth-order valence-electron chi connectivity index (χ4n) is 3.02. The van der Waals surface area contributed by atoms with Gasteiger partial charge in [0.05, 0.1) is 18.9 Å². The standard InChI is InChI=1S/C16H21FN4O4/c1-9-13(10(2)24-19-9)8-21-7-11(17)4-12(21)6-18-16(22)14-5-15(23-3)20-25-14/h5,11-12H,4,6-8H2,1-3H3,(H,18,22)/t11-,12-/m0/s1. The maximum atomic E-state index is 13.9. The minimum absolute atomic E-state index is 0.0592. The van der Waals surface area contributed by atoms with E-state index in [1.165, 1.54) is 13.2 Å². The Labute approximate surface area is 144 Å². The average Bonchev–Trinajstić information content (AvgIpc) is 3.28. The number of carbonyl (C=O) groups excluding carboxylic acids is 1. The molecule has 1 amide bonds. The number of halogens is 1. The number of hydrogen-bond donors (Lipinski definition) is 1. The molecule has 0 saturated carbocycles. The van der Waals surface area contributed by atoms with E-state index in [0.717, 1.165) is 17.0 Å². The zero-order valence-electron chi connectivity index (χ0n) is 14.4. The number of alkyl halides is 1. The van der Waals surface area contributed by atoms with E-state index in [-0.39, 0.29) is 17.7 Å². The van der Waals surface area contributed by atoms with Crippen LogP contribution in [0, 0.1) is 13.8 Å². The molecule has 3 rings (SSSR count). The van der Waals surface area contributed by atoms with Gasteiger partial charge in [0, 0.05) is 31.2 Å². The minimum Gasteiger partial charge on any atom is -0.479 e. The summed E-state index contributed by atoms with van der Waals surface area (Å²) in [5.74, 6) is 0.616. The molecule has 2 aromatic rings. The summed E-state index contributed by atoms with van der Waals surface area (Å²) in [7, 11) is 1.44. The van der Waals surface area contributed by atoms with Crippen molar-refractivity contribution >= 4 is 5.91 Å². The zero-order valence-corrected chi connectivity index (χ0v) is 14.4. The van der Waals surface area contributed by atoms with E-state index in [9.17, 15) is 9.18 Å². The molecule has 0 unspecified atom stereocenters. The van der Waals surface area contributed by atoms with E-state index >= 15 is 0 Å². The third-order valence-corrected chi connectivity index (χ3v) is 4.44. The Kier molecular flexibility index (Phi) is 5.03. The molecular formula is C16H21FN4O4. The molecule has 9 heteroatoms. The van der Waals surface area contributed by atoms with Gasteiger partial charge in [0.2, 0.25) is 5.76 Å². The van der Waals surface area contributed by atoms with E-state index in [1.54, 1.807) is 0 Å². The SMILES string of the molecule is COc1cc(C(=O)NC[C@@H]2C[C@H](F)CN2Cc2c(C)noc2C)on1. The fraction of sp³-hybridized carbons (Fsp3) is 0.562. The van der Waals surface area contributed by atoms with Crippen molar-refractivity contribution in [1.29, 1.82) is 0 Å². The zero-order chi connectivity index (χ0) is 18.0. The van der Waals surface area contributed by atoms with Crippen LogP contribution in [0.3, 0.4) is 0 Å². The lowest BCUT2D eigenvalue weighted by molar-refractivity contribution is 0.0902. The number of likely N-dealkylation sites (tertiary alicyclic amines) is 1. The van der Waals surface area contributed by atoms with Crippen molar-refractivity contribution in [3.63, 3.8) is 0 Å². The molecule has 136 valence electrons. The summed E-state index contributed by atoms with van der Waals surface area (Å²) in [6.07, 6.45) is -0.559. The average molecular weight is 352 g/mol. The molecule has 1 fully saturated rings. The normalized spacial score (nSPS) is 20.8. The Morgan fingerprint density at radius 2 is 2.24 bits per heavy atom. The molecule has 0 bridgehead atoms. The van der Waals surface area contributed by atoms with Crippen LogP contribution in [0.2, 0.25) is 0 Å². The summed E-state index contributed by atoms with van der Waals surface area (Å²) >= 11 is 0. The molecule has 1 aliphatic heterocycles. The summed E-state index contributed by atoms with van der Waals surface area (Å²) < 4.78 is 28.9. The summed E-state index contributed by atoms with van der Waals surface area (Å²) in [6.45, 7) is 4.87. The van der Waals surface area contributed by atoms with Crippen molar-refractivity contribution in [3.8, 4) is 5.88 Å². The van der Waals surface area contributed by atoms with E-state index in [2.05, 4.69) is 15.6 Å². The Bertz CT molecular complexity index is 725. The number of carbonyl (C=O) groups is 1. The highest BCUT2D eigenvalue weighted by Gasteiger charge is 2.33. The molecule has 0 aromatic carbocycles. The van der Waals surface area contributed by atoms with Crippen LogP contribution >= 0.6 is 0 Å². The van der Waals surface area contributed by atoms with Gasteiger partial charge in [0.1, 0.15) is 11.9 Å². The first kappa shape index (κ1) is 17.4. The van der Waals surface area contributed by atoms with Gasteiger partial charge < -0.3 is 19.1 Å². The van der Waals surface area contributed by atoms with Gasteiger partial charge in [-0.3, -0.25) is 9.69 Å². The van der Waals surface area contributed by atoms with Gasteiger partial charge in [-0.15, -0.1) is 0 Å². The van der Waals surface area contributed by atoms with E-state index in [4.69, 9.17) is 13.8 Å². The maximum Gasteiger partial charge on any atom is 0.290 e. The Morgan fingerprint density at radius 1 is 1.44 bits per heavy atom. The number of rotatable bonds is 6. The van der Waals surface area contributed by atoms with Crippen LogP contribution in [-0.4, -0.2) is 53.5 Å². The molecule has 25 heavy (non-hydrogen) atoms. The van der Waals surface area contributed by atoms with E-state index in [1.807, 2.05) is 18.7 Å². The smallest absolute Gasteiger partial charge is 0.290 e. The first-order chi connectivity index (χ1) is 12.0. The lowest BCUT2D eigenvalue weighted by Gasteiger charge is -2.23. The summed E-state index contributed by atoms with van der Waals surface area (Å²) in [5, 5.41) is 10.3. The first-order valence-electron chi connectivity index (χ1n) is 8.06. The van der Waals surface area contributed by atoms with Crippen molar-refractivity contribution in [2.75, 3.05) is 20.2 Å². The van der Waals surface area contributed by atoms with Gasteiger partial charge in [-0.1, -0.05) is 5.16 Å². The van der Waals surface area contributed by atoms with Crippen LogP contribution in [0.25, 0.3) is 0 Å². The number of nitrogens with one attached hydrogen (secondary N) is 1. The summed E-state index contributed by atoms with van der Waals surface area (Å²) in [6, 6.07) is 1.29. The molecular weight excluding hydrogens is 331 g/mol. The Hall–Kier alpha value is -2.42. The number of methoxy groups -OCH3 is 1. The van der Waals surface area contributed by atoms with Gasteiger partial charge in [0.15, 0.2) is 0 Å². The molecule has 0 aliphatic carbocycles. The third kappa shape index (κ3) is 3.81. The van der Waals surface area contributed by atoms with Crippen molar-refractivity contribution in [2.45, 2.75) is 39.0 Å². The predicted molar refractivity (Wildman–Crippen MR) is 85.1 cm³/mol. The Morgan fingerprint density at radius 3 is 2.88 bits per heavy atom. The maximum absolute atomic E-state index is 13.9. The van der Waals surface area contributed by atoms with Crippen molar-refractivity contribution in [3.05, 3.63) is 28.8 Å². The number of aromatic nitrogens is 2. The monoisotopic (exact) mass is 352 g/mol. The van der Waals surface area contributed by atoms with Crippen LogP contribution in [-0.2, 0) is 6.54 Å². The van der Waals surface area contributed by atoms with Crippen LogP contribution in [0.1, 0.15) is 34.0 Å². The van der Waals surface area contributed by atoms with E-state index in [0.29, 0.717) is 26.1 Å². The van der Waals surface area contributed by atoms with Crippen LogP contribution in [0.15, 0.2) is 15.1 Å². The highest BCUT2D eigenvalue weighted by molar-refractivity contribution is 5.91. The third-order valence-electron chi connectivity index (χ3n) is 4.44. The minimum atomic E-state index is -0.923. The summed E-state index contributed by atoms with van der Waals surface area (Å²) in [4.78, 5) is 14.1. The fourth-order valence-corrected chi connectivity index (χ4v) is 3.02. The molecule has 8 nitrogen and oxygen atoms in total. The molecule has 0 spiro atoms. The van der Waals surface area contributed by atoms with Crippen molar-refractivity contribution in [1.82, 2.24) is 20.5 Å². The topological polar surface area (TPSA) is 93.6 Å². The quantitative estimate of drug-likeness (QED) is 0.844. The lowest BCUT2D eigenvalue weighted by atomic mass is 10.1. The molecule has 3 heterocycles. The van der Waals surface area contributed by atoms with Crippen LogP contribution in [0.5, 0.6) is 5.88 Å². The van der Waals surface area contributed by atoms with Gasteiger partial charge in [0.25, 0.3) is 11.8 Å². The Balaban J connectivity index is 1.61. The molecule has 1 aliphatic rings. The molecule has 1 saturated heterocycles. The number of ether oxygens (including phenoxy) is 1. The molecule has 1 N–H and O–H groups in total. The second-order valence-electron chi connectivity index (χ2n) is 6.16. The molecule has 2 aromatic heterocycles. The van der Waals surface area contributed by atoms with Gasteiger partial charge in [-0.25, -0.2) is 4.39 Å². The number of nitrogens with zero attached hydrogens (tertiary/aromatic N) is 3. The second kappa shape index (κ2) is 7.22. The highest BCUT2D eigenvalue weighted by atomic mass is 19.1.